The van der Waals surface area contributed by atoms with Crippen molar-refractivity contribution in [3.63, 3.8) is 0 Å². The zero-order valence-electron chi connectivity index (χ0n) is 27.3. The van der Waals surface area contributed by atoms with Gasteiger partial charge in [0.05, 0.1) is 12.2 Å². The highest BCUT2D eigenvalue weighted by atomic mass is 16.6. The van der Waals surface area contributed by atoms with E-state index in [9.17, 15) is 4.79 Å². The van der Waals surface area contributed by atoms with E-state index in [1.165, 1.54) is 34.0 Å². The van der Waals surface area contributed by atoms with Crippen molar-refractivity contribution in [2.45, 2.75) is 84.0 Å². The molecule has 3 aliphatic heterocycles. The van der Waals surface area contributed by atoms with Gasteiger partial charge in [-0.3, -0.25) is 0 Å². The average Bonchev–Trinajstić information content (AvgIpc) is 3.42. The Labute approximate surface area is 262 Å². The smallest absolute Gasteiger partial charge is 0.410 e. The first-order valence-corrected chi connectivity index (χ1v) is 16.2. The van der Waals surface area contributed by atoms with Crippen LogP contribution < -0.4 is 14.5 Å². The van der Waals surface area contributed by atoms with E-state index in [1.807, 2.05) is 27.8 Å². The molecule has 9 nitrogen and oxygen atoms in total. The van der Waals surface area contributed by atoms with Crippen LogP contribution in [0.5, 0.6) is 6.01 Å². The van der Waals surface area contributed by atoms with E-state index in [2.05, 4.69) is 65.1 Å². The van der Waals surface area contributed by atoms with E-state index in [1.54, 1.807) is 4.90 Å². The number of carbonyl (C=O) groups is 1. The molecule has 0 unspecified atom stereocenters. The molecule has 1 atom stereocenters. The Balaban J connectivity index is 1.25. The van der Waals surface area contributed by atoms with Crippen LogP contribution in [0.4, 0.5) is 16.3 Å². The summed E-state index contributed by atoms with van der Waals surface area (Å²) in [6.07, 6.45) is 4.68. The molecule has 9 heteroatoms. The summed E-state index contributed by atoms with van der Waals surface area (Å²) in [6, 6.07) is 14.1. The highest BCUT2D eigenvalue weighted by molar-refractivity contribution is 5.97. The van der Waals surface area contributed by atoms with Crippen LogP contribution in [0.1, 0.15) is 63.3 Å². The summed E-state index contributed by atoms with van der Waals surface area (Å²) in [7, 11) is 4.03. The monoisotopic (exact) mass is 600 g/mol. The van der Waals surface area contributed by atoms with Gasteiger partial charge in [-0.15, -0.1) is 0 Å². The number of likely N-dealkylation sites (N-methyl/N-ethyl adjacent to an activating group) is 1. The third-order valence-electron chi connectivity index (χ3n) is 9.52. The summed E-state index contributed by atoms with van der Waals surface area (Å²) in [6.45, 7) is 12.9. The summed E-state index contributed by atoms with van der Waals surface area (Å²) in [5, 5.41) is 2.57. The minimum Gasteiger partial charge on any atom is -0.462 e. The van der Waals surface area contributed by atoms with Gasteiger partial charge in [-0.25, -0.2) is 4.79 Å². The molecule has 3 aliphatic rings. The Bertz CT molecular complexity index is 1490. The van der Waals surface area contributed by atoms with Gasteiger partial charge in [0.15, 0.2) is 0 Å². The molecule has 4 heterocycles. The molecule has 6 rings (SSSR count). The third-order valence-corrected chi connectivity index (χ3v) is 9.52. The van der Waals surface area contributed by atoms with Crippen LogP contribution in [0.15, 0.2) is 36.4 Å². The lowest BCUT2D eigenvalue weighted by atomic mass is 9.98. The van der Waals surface area contributed by atoms with Gasteiger partial charge in [0.25, 0.3) is 0 Å². The average molecular weight is 601 g/mol. The maximum atomic E-state index is 12.7. The van der Waals surface area contributed by atoms with Crippen LogP contribution in [-0.4, -0.2) is 90.4 Å². The van der Waals surface area contributed by atoms with Gasteiger partial charge < -0.3 is 29.1 Å². The largest absolute Gasteiger partial charge is 0.462 e. The third kappa shape index (κ3) is 6.43. The lowest BCUT2D eigenvalue weighted by Crippen LogP contribution is -2.47. The highest BCUT2D eigenvalue weighted by Gasteiger charge is 2.32. The first-order valence-electron chi connectivity index (χ1n) is 16.2. The molecule has 2 fully saturated rings. The Morgan fingerprint density at radius 3 is 2.45 bits per heavy atom. The standard InChI is InChI=1S/C35H48N6O3/c1-24-10-7-11-25-12-8-14-30(31(24)25)41-21-17-28-29(22-41)36-33(43-23-27-13-9-18-38(27)5)37-32(28)40-19-15-26(16-20-40)39(6)34(42)44-35(2,3)4/h7-8,10-12,14,26-27H,9,13,15-23H2,1-6H3/t27-/m0/s1. The number of ether oxygens (including phenoxy) is 2. The van der Waals surface area contributed by atoms with Crippen molar-refractivity contribution in [2.75, 3.05) is 56.7 Å². The van der Waals surface area contributed by atoms with E-state index in [-0.39, 0.29) is 12.1 Å². The second-order valence-corrected chi connectivity index (χ2v) is 13.8. The molecule has 236 valence electrons. The van der Waals surface area contributed by atoms with Crippen molar-refractivity contribution in [3.05, 3.63) is 53.2 Å². The summed E-state index contributed by atoms with van der Waals surface area (Å²) < 4.78 is 12.0. The zero-order chi connectivity index (χ0) is 31.0. The molecule has 1 aromatic heterocycles. The maximum absolute atomic E-state index is 12.7. The van der Waals surface area contributed by atoms with Crippen molar-refractivity contribution in [2.24, 2.45) is 0 Å². The van der Waals surface area contributed by atoms with Gasteiger partial charge >= 0.3 is 12.1 Å². The van der Waals surface area contributed by atoms with Crippen molar-refractivity contribution in [1.29, 1.82) is 0 Å². The molecule has 0 spiro atoms. The van der Waals surface area contributed by atoms with Crippen LogP contribution >= 0.6 is 0 Å². The lowest BCUT2D eigenvalue weighted by Gasteiger charge is -2.39. The molecule has 3 aromatic rings. The normalized spacial score (nSPS) is 19.7. The number of fused-ring (bicyclic) bond motifs is 2. The van der Waals surface area contributed by atoms with Gasteiger partial charge in [-0.2, -0.15) is 9.97 Å². The lowest BCUT2D eigenvalue weighted by molar-refractivity contribution is 0.0200. The van der Waals surface area contributed by atoms with Crippen LogP contribution in [0, 0.1) is 6.92 Å². The van der Waals surface area contributed by atoms with Gasteiger partial charge in [-0.05, 0) is 90.4 Å². The minimum absolute atomic E-state index is 0.137. The number of nitrogens with zero attached hydrogens (tertiary/aromatic N) is 6. The summed E-state index contributed by atoms with van der Waals surface area (Å²) in [5.41, 5.74) is 4.31. The number of amides is 1. The fourth-order valence-electron chi connectivity index (χ4n) is 7.00. The molecule has 2 saturated heterocycles. The highest BCUT2D eigenvalue weighted by Crippen LogP contribution is 2.36. The first kappa shape index (κ1) is 30.4. The Morgan fingerprint density at radius 2 is 1.75 bits per heavy atom. The van der Waals surface area contributed by atoms with Crippen molar-refractivity contribution in [1.82, 2.24) is 19.8 Å². The van der Waals surface area contributed by atoms with E-state index < -0.39 is 5.60 Å². The predicted octanol–water partition coefficient (Wildman–Crippen LogP) is 5.81. The number of aromatic nitrogens is 2. The zero-order valence-corrected chi connectivity index (χ0v) is 27.3. The second-order valence-electron chi connectivity index (χ2n) is 13.8. The number of hydrogen-bond donors (Lipinski definition) is 0. The molecule has 0 aliphatic carbocycles. The molecule has 0 N–H and O–H groups in total. The van der Waals surface area contributed by atoms with E-state index in [0.717, 1.165) is 69.9 Å². The Hall–Kier alpha value is -3.59. The van der Waals surface area contributed by atoms with Gasteiger partial charge in [0, 0.05) is 55.4 Å². The molecule has 0 bridgehead atoms. The number of aryl methyl sites for hydroxylation is 1. The van der Waals surface area contributed by atoms with Gasteiger partial charge in [0.1, 0.15) is 18.0 Å². The molecule has 2 aromatic carbocycles. The number of anilines is 2. The molecular weight excluding hydrogens is 552 g/mol. The minimum atomic E-state index is -0.506. The summed E-state index contributed by atoms with van der Waals surface area (Å²) >= 11 is 0. The van der Waals surface area contributed by atoms with E-state index in [0.29, 0.717) is 18.7 Å². The SMILES string of the molecule is Cc1cccc2cccc(N3CCc4c(nc(OC[C@@H]5CCCN5C)nc4N4CCC(N(C)C(=O)OC(C)(C)C)CC4)C3)c12. The summed E-state index contributed by atoms with van der Waals surface area (Å²) in [4.78, 5) is 31.8. The number of likely N-dealkylation sites (tertiary alicyclic amines) is 1. The fraction of sp³-hybridized carbons (Fsp3) is 0.571. The van der Waals surface area contributed by atoms with E-state index >= 15 is 0 Å². The van der Waals surface area contributed by atoms with E-state index in [4.69, 9.17) is 19.4 Å². The van der Waals surface area contributed by atoms with Crippen LogP contribution in [0.3, 0.4) is 0 Å². The fourth-order valence-corrected chi connectivity index (χ4v) is 7.00. The van der Waals surface area contributed by atoms with Crippen molar-refractivity contribution < 1.29 is 14.3 Å². The number of rotatable bonds is 6. The number of hydrogen-bond acceptors (Lipinski definition) is 8. The predicted molar refractivity (Wildman–Crippen MR) is 176 cm³/mol. The van der Waals surface area contributed by atoms with Crippen molar-refractivity contribution in [3.8, 4) is 6.01 Å². The van der Waals surface area contributed by atoms with Crippen molar-refractivity contribution >= 4 is 28.4 Å². The Morgan fingerprint density at radius 1 is 1.00 bits per heavy atom. The van der Waals surface area contributed by atoms with Gasteiger partial charge in [-0.1, -0.05) is 30.3 Å². The molecule has 1 amide bonds. The Kier molecular flexibility index (Phi) is 8.59. The topological polar surface area (TPSA) is 74.3 Å². The number of piperidine rings is 1. The van der Waals surface area contributed by atoms with Crippen LogP contribution in [-0.2, 0) is 17.7 Å². The van der Waals surface area contributed by atoms with Gasteiger partial charge in [0.2, 0.25) is 0 Å². The molecular formula is C35H48N6O3. The second kappa shape index (κ2) is 12.4. The molecule has 0 saturated carbocycles. The first-order chi connectivity index (χ1) is 21.1. The van der Waals surface area contributed by atoms with Crippen LogP contribution in [0.2, 0.25) is 0 Å². The number of carbonyl (C=O) groups excluding carboxylic acids is 1. The molecule has 0 radical (unpaired) electrons. The quantitative estimate of drug-likeness (QED) is 0.351. The van der Waals surface area contributed by atoms with Crippen LogP contribution in [0.25, 0.3) is 10.8 Å². The number of benzene rings is 2. The maximum Gasteiger partial charge on any atom is 0.410 e. The molecule has 44 heavy (non-hydrogen) atoms. The summed E-state index contributed by atoms with van der Waals surface area (Å²) in [5.74, 6) is 0.997.